The largest absolute Gasteiger partial charge is 0.598 e. The zero-order valence-corrected chi connectivity index (χ0v) is 13.5. The van der Waals surface area contributed by atoms with Crippen LogP contribution in [0.5, 0.6) is 0 Å². The first-order valence-electron chi connectivity index (χ1n) is 6.53. The molecule has 0 aliphatic heterocycles. The van der Waals surface area contributed by atoms with Crippen molar-refractivity contribution in [3.8, 4) is 0 Å². The Kier molecular flexibility index (Phi) is 5.55. The van der Waals surface area contributed by atoms with E-state index in [0.717, 1.165) is 12.1 Å². The van der Waals surface area contributed by atoms with Crippen LogP contribution < -0.4 is 4.72 Å². The van der Waals surface area contributed by atoms with Crippen molar-refractivity contribution in [2.45, 2.75) is 50.5 Å². The Morgan fingerprint density at radius 3 is 2.18 bits per heavy atom. The van der Waals surface area contributed by atoms with Gasteiger partial charge in [-0.15, -0.1) is 4.72 Å². The van der Waals surface area contributed by atoms with Crippen molar-refractivity contribution in [1.29, 1.82) is 0 Å². The summed E-state index contributed by atoms with van der Waals surface area (Å²) in [5, 5.41) is 8.33. The molecule has 0 bridgehead atoms. The van der Waals surface area contributed by atoms with E-state index in [1.807, 2.05) is 0 Å². The third-order valence-electron chi connectivity index (χ3n) is 2.97. The highest BCUT2D eigenvalue weighted by molar-refractivity contribution is 7.90. The number of alkyl halides is 4. The zero-order chi connectivity index (χ0) is 17.3. The smallest absolute Gasteiger partial charge is 0.421 e. The van der Waals surface area contributed by atoms with Gasteiger partial charge in [0.25, 0.3) is 0 Å². The fourth-order valence-electron chi connectivity index (χ4n) is 1.58. The number of rotatable bonds is 5. The number of halogens is 4. The third kappa shape index (κ3) is 4.34. The maximum atomic E-state index is 13.5. The summed E-state index contributed by atoms with van der Waals surface area (Å²) < 4.78 is 66.4. The highest BCUT2D eigenvalue weighted by Crippen LogP contribution is 2.41. The van der Waals surface area contributed by atoms with Crippen molar-refractivity contribution in [3.05, 3.63) is 35.4 Å². The van der Waals surface area contributed by atoms with Crippen molar-refractivity contribution < 1.29 is 27.2 Å². The average Bonchev–Trinajstić information content (AvgIpc) is 2.36. The summed E-state index contributed by atoms with van der Waals surface area (Å²) in [5.74, 6) is -4.70. The fourth-order valence-corrected chi connectivity index (χ4v) is 2.39. The van der Waals surface area contributed by atoms with Crippen LogP contribution >= 0.6 is 0 Å². The average molecular weight is 341 g/mol. The first-order valence-corrected chi connectivity index (χ1v) is 7.68. The predicted octanol–water partition coefficient (Wildman–Crippen LogP) is 3.48. The monoisotopic (exact) mass is 341 g/mol. The van der Waals surface area contributed by atoms with Crippen LogP contribution in [-0.4, -0.2) is 20.5 Å². The Hall–Kier alpha value is -0.830. The van der Waals surface area contributed by atoms with Crippen LogP contribution in [0.3, 0.4) is 0 Å². The van der Waals surface area contributed by atoms with Crippen molar-refractivity contribution in [3.63, 3.8) is 0 Å². The number of benzene rings is 1. The molecule has 0 heterocycles. The summed E-state index contributed by atoms with van der Waals surface area (Å²) in [6, 6.07) is 3.71. The molecule has 1 rings (SSSR count). The first-order chi connectivity index (χ1) is 9.76. The molecule has 126 valence electrons. The van der Waals surface area contributed by atoms with Crippen LogP contribution in [-0.2, 0) is 17.3 Å². The molecule has 22 heavy (non-hydrogen) atoms. The molecule has 1 aromatic rings. The van der Waals surface area contributed by atoms with E-state index in [9.17, 15) is 22.1 Å². The minimum absolute atomic E-state index is 0.263. The summed E-state index contributed by atoms with van der Waals surface area (Å²) in [4.78, 5) is 0. The minimum Gasteiger partial charge on any atom is -0.598 e. The molecule has 1 aromatic carbocycles. The van der Waals surface area contributed by atoms with Crippen LogP contribution in [0.1, 0.15) is 44.9 Å². The molecule has 8 heteroatoms. The van der Waals surface area contributed by atoms with Gasteiger partial charge in [-0.3, -0.25) is 0 Å². The third-order valence-corrected chi connectivity index (χ3v) is 4.65. The molecular weight excluding hydrogens is 322 g/mol. The molecule has 3 nitrogen and oxygen atoms in total. The lowest BCUT2D eigenvalue weighted by Gasteiger charge is -2.27. The number of hydrogen-bond donors (Lipinski definition) is 2. The normalized spacial score (nSPS) is 16.5. The van der Waals surface area contributed by atoms with Gasteiger partial charge in [0.15, 0.2) is 0 Å². The molecule has 2 N–H and O–H groups in total. The van der Waals surface area contributed by atoms with E-state index in [4.69, 9.17) is 5.11 Å². The van der Waals surface area contributed by atoms with Crippen molar-refractivity contribution in [2.24, 2.45) is 0 Å². The lowest BCUT2D eigenvalue weighted by atomic mass is 10.0. The molecule has 0 aromatic heterocycles. The summed E-state index contributed by atoms with van der Waals surface area (Å²) in [6.07, 6.45) is -5.16. The minimum atomic E-state index is -5.16. The molecule has 0 radical (unpaired) electrons. The molecule has 0 aliphatic carbocycles. The van der Waals surface area contributed by atoms with Crippen LogP contribution in [0.15, 0.2) is 24.3 Å². The van der Waals surface area contributed by atoms with Crippen LogP contribution in [0, 0.1) is 0 Å². The molecule has 0 aliphatic rings. The lowest BCUT2D eigenvalue weighted by molar-refractivity contribution is -0.332. The molecular formula is C14H19F4NO2S. The van der Waals surface area contributed by atoms with Gasteiger partial charge >= 0.3 is 12.0 Å². The Morgan fingerprint density at radius 2 is 1.73 bits per heavy atom. The van der Waals surface area contributed by atoms with Gasteiger partial charge in [0.05, 0.1) is 6.04 Å². The van der Waals surface area contributed by atoms with Gasteiger partial charge in [-0.2, -0.15) is 17.6 Å². The number of hydrogen-bond acceptors (Lipinski definition) is 3. The van der Waals surface area contributed by atoms with E-state index < -0.39 is 39.7 Å². The second kappa shape index (κ2) is 6.35. The summed E-state index contributed by atoms with van der Waals surface area (Å²) >= 11 is -1.45. The summed E-state index contributed by atoms with van der Waals surface area (Å²) in [6.45, 7) is 6.79. The van der Waals surface area contributed by atoms with Crippen LogP contribution in [0.2, 0.25) is 0 Å². The quantitative estimate of drug-likeness (QED) is 0.637. The molecule has 0 saturated heterocycles. The van der Waals surface area contributed by atoms with Gasteiger partial charge in [-0.1, -0.05) is 18.2 Å². The van der Waals surface area contributed by atoms with Gasteiger partial charge in [0.2, 0.25) is 0 Å². The predicted molar refractivity (Wildman–Crippen MR) is 76.9 cm³/mol. The Morgan fingerprint density at radius 1 is 1.18 bits per heavy atom. The lowest BCUT2D eigenvalue weighted by Crippen LogP contribution is -2.40. The fraction of sp³-hybridized carbons (Fsp3) is 0.571. The maximum absolute atomic E-state index is 13.5. The van der Waals surface area contributed by atoms with Crippen LogP contribution in [0.4, 0.5) is 17.6 Å². The number of aliphatic hydroxyl groups is 1. The van der Waals surface area contributed by atoms with Gasteiger partial charge in [-0.05, 0) is 39.3 Å². The highest BCUT2D eigenvalue weighted by Gasteiger charge is 2.56. The maximum Gasteiger partial charge on any atom is 0.421 e. The molecule has 0 amide bonds. The standard InChI is InChI=1S/C14H19F4NO2S/c1-9(19-22(21)12(2,3)4)10-6-5-7-11(8-10)13(15,16)14(17,18)20/h5-9,19-20H,1-4H3/t9-,22-/m0/s1. The molecule has 2 atom stereocenters. The SMILES string of the molecule is C[C@H](N[S@@+]([O-])C(C)(C)C)c1cccc(C(F)(F)C(O)(F)F)c1. The van der Waals surface area contributed by atoms with Gasteiger partial charge in [0.1, 0.15) is 4.75 Å². The van der Waals surface area contributed by atoms with E-state index in [2.05, 4.69) is 4.72 Å². The molecule has 0 fully saturated rings. The van der Waals surface area contributed by atoms with E-state index in [-0.39, 0.29) is 5.56 Å². The van der Waals surface area contributed by atoms with Crippen LogP contribution in [0.25, 0.3) is 0 Å². The van der Waals surface area contributed by atoms with Crippen molar-refractivity contribution in [1.82, 2.24) is 4.72 Å². The van der Waals surface area contributed by atoms with E-state index in [1.54, 1.807) is 27.7 Å². The Labute approximate surface area is 130 Å². The first kappa shape index (κ1) is 19.2. The Bertz CT molecular complexity index is 514. The molecule has 0 saturated carbocycles. The van der Waals surface area contributed by atoms with Crippen molar-refractivity contribution in [2.75, 3.05) is 0 Å². The number of nitrogens with one attached hydrogen (secondary N) is 1. The zero-order valence-electron chi connectivity index (χ0n) is 12.7. The van der Waals surface area contributed by atoms with E-state index in [0.29, 0.717) is 0 Å². The summed E-state index contributed by atoms with van der Waals surface area (Å²) in [7, 11) is 0. The summed E-state index contributed by atoms with van der Waals surface area (Å²) in [5.41, 5.74) is -0.744. The second-order valence-electron chi connectivity index (χ2n) is 5.96. The van der Waals surface area contributed by atoms with Crippen molar-refractivity contribution >= 4 is 11.4 Å². The van der Waals surface area contributed by atoms with Gasteiger partial charge < -0.3 is 9.66 Å². The van der Waals surface area contributed by atoms with Gasteiger partial charge in [-0.25, -0.2) is 0 Å². The van der Waals surface area contributed by atoms with E-state index >= 15 is 0 Å². The Balaban J connectivity index is 3.02. The van der Waals surface area contributed by atoms with E-state index in [1.165, 1.54) is 12.1 Å². The highest BCUT2D eigenvalue weighted by atomic mass is 32.2. The topological polar surface area (TPSA) is 55.3 Å². The second-order valence-corrected chi connectivity index (χ2v) is 7.96. The molecule has 0 unspecified atom stereocenters. The molecule has 0 spiro atoms. The van der Waals surface area contributed by atoms with Gasteiger partial charge in [0, 0.05) is 16.9 Å².